The summed E-state index contributed by atoms with van der Waals surface area (Å²) < 4.78 is 11.0. The highest BCUT2D eigenvalue weighted by molar-refractivity contribution is 6.07. The molecule has 0 bridgehead atoms. The van der Waals surface area contributed by atoms with Gasteiger partial charge in [0.2, 0.25) is 0 Å². The van der Waals surface area contributed by atoms with Crippen molar-refractivity contribution in [1.29, 1.82) is 0 Å². The Labute approximate surface area is 160 Å². The Morgan fingerprint density at radius 3 is 2.36 bits per heavy atom. The first kappa shape index (κ1) is 20.8. The second-order valence-corrected chi connectivity index (χ2v) is 6.02. The number of nitrogens with one attached hydrogen (secondary N) is 1. The van der Waals surface area contributed by atoms with E-state index in [0.717, 1.165) is 19.3 Å². The number of aromatic nitrogens is 1. The van der Waals surface area contributed by atoms with Crippen LogP contribution in [0.2, 0.25) is 0 Å². The van der Waals surface area contributed by atoms with Crippen molar-refractivity contribution in [3.8, 4) is 22.6 Å². The smallest absolute Gasteiger partial charge is 0.342 e. The average Bonchev–Trinajstić information content (AvgIpc) is 2.63. The standard InChI is InChI=1S/C19H22N2O7/c1-3-4-5-8-28-11-7-6-10(9-12(11)27-2)13-14(18(23)24)16(20)21-17(22)15(13)19(25)26/h6-7,9H,3-5,8H2,1-2H3,(H,23,24)(H,25,26)(H3,20,21,22). The zero-order valence-corrected chi connectivity index (χ0v) is 15.6. The molecule has 0 aliphatic carbocycles. The summed E-state index contributed by atoms with van der Waals surface area (Å²) in [6.07, 6.45) is 2.91. The molecule has 0 atom stereocenters. The Morgan fingerprint density at radius 1 is 1.11 bits per heavy atom. The van der Waals surface area contributed by atoms with Crippen LogP contribution in [-0.2, 0) is 0 Å². The lowest BCUT2D eigenvalue weighted by molar-refractivity contribution is 0.0695. The number of aromatic amines is 1. The fourth-order valence-corrected chi connectivity index (χ4v) is 2.81. The molecule has 0 aliphatic rings. The maximum atomic E-state index is 12.1. The lowest BCUT2D eigenvalue weighted by Gasteiger charge is -2.15. The number of nitrogens with two attached hydrogens (primary N) is 1. The Balaban J connectivity index is 2.62. The van der Waals surface area contributed by atoms with Crippen LogP contribution in [0.15, 0.2) is 23.0 Å². The van der Waals surface area contributed by atoms with Gasteiger partial charge in [-0.3, -0.25) is 4.79 Å². The normalized spacial score (nSPS) is 10.5. The van der Waals surface area contributed by atoms with E-state index in [4.69, 9.17) is 15.2 Å². The highest BCUT2D eigenvalue weighted by Gasteiger charge is 2.27. The van der Waals surface area contributed by atoms with Crippen LogP contribution in [0.1, 0.15) is 46.9 Å². The highest BCUT2D eigenvalue weighted by Crippen LogP contribution is 2.36. The van der Waals surface area contributed by atoms with Crippen molar-refractivity contribution >= 4 is 17.8 Å². The summed E-state index contributed by atoms with van der Waals surface area (Å²) in [6.45, 7) is 2.55. The lowest BCUT2D eigenvalue weighted by Crippen LogP contribution is -2.24. The molecule has 150 valence electrons. The molecule has 0 saturated heterocycles. The molecule has 0 radical (unpaired) electrons. The molecule has 9 heteroatoms. The number of pyridine rings is 1. The Kier molecular flexibility index (Phi) is 6.64. The first-order valence-corrected chi connectivity index (χ1v) is 8.65. The molecule has 5 N–H and O–H groups in total. The molecule has 28 heavy (non-hydrogen) atoms. The molecule has 0 saturated carbocycles. The molecule has 9 nitrogen and oxygen atoms in total. The van der Waals surface area contributed by atoms with Gasteiger partial charge in [-0.1, -0.05) is 25.8 Å². The maximum Gasteiger partial charge on any atom is 0.342 e. The molecule has 2 aromatic rings. The summed E-state index contributed by atoms with van der Waals surface area (Å²) in [5, 5.41) is 18.9. The lowest BCUT2D eigenvalue weighted by atomic mass is 9.95. The van der Waals surface area contributed by atoms with Crippen LogP contribution >= 0.6 is 0 Å². The fraction of sp³-hybridized carbons (Fsp3) is 0.316. The number of rotatable bonds is 9. The van der Waals surface area contributed by atoms with Gasteiger partial charge in [-0.25, -0.2) is 9.59 Å². The SMILES string of the molecule is CCCCCOc1ccc(-c2c(C(=O)O)c(N)[nH]c(=O)c2C(=O)O)cc1OC. The van der Waals surface area contributed by atoms with E-state index in [0.29, 0.717) is 12.4 Å². The van der Waals surface area contributed by atoms with Gasteiger partial charge < -0.3 is 30.4 Å². The molecule has 0 unspecified atom stereocenters. The Morgan fingerprint density at radius 2 is 1.79 bits per heavy atom. The molecule has 0 aliphatic heterocycles. The summed E-state index contributed by atoms with van der Waals surface area (Å²) in [6, 6.07) is 4.42. The maximum absolute atomic E-state index is 12.1. The topological polar surface area (TPSA) is 152 Å². The Bertz CT molecular complexity index is 950. The third-order valence-electron chi connectivity index (χ3n) is 4.13. The minimum atomic E-state index is -1.57. The number of hydrogen-bond acceptors (Lipinski definition) is 6. The van der Waals surface area contributed by atoms with Crippen molar-refractivity contribution in [1.82, 2.24) is 4.98 Å². The molecular weight excluding hydrogens is 368 g/mol. The molecule has 1 aromatic heterocycles. The predicted octanol–water partition coefficient (Wildman–Crippen LogP) is 2.60. The number of ether oxygens (including phenoxy) is 2. The van der Waals surface area contributed by atoms with Crippen molar-refractivity contribution in [3.05, 3.63) is 39.7 Å². The van der Waals surface area contributed by atoms with Crippen LogP contribution in [-0.4, -0.2) is 40.9 Å². The van der Waals surface area contributed by atoms with E-state index >= 15 is 0 Å². The Hall–Kier alpha value is -3.49. The number of nitrogen functional groups attached to an aromatic ring is 1. The van der Waals surface area contributed by atoms with Crippen LogP contribution in [0.25, 0.3) is 11.1 Å². The van der Waals surface area contributed by atoms with E-state index in [1.807, 2.05) is 0 Å². The second kappa shape index (κ2) is 8.94. The number of hydrogen-bond donors (Lipinski definition) is 4. The van der Waals surface area contributed by atoms with Gasteiger partial charge in [0.1, 0.15) is 16.9 Å². The summed E-state index contributed by atoms with van der Waals surface area (Å²) in [5.41, 5.74) is 3.28. The van der Waals surface area contributed by atoms with E-state index in [-0.39, 0.29) is 16.9 Å². The van der Waals surface area contributed by atoms with Crippen molar-refractivity contribution in [2.24, 2.45) is 0 Å². The predicted molar refractivity (Wildman–Crippen MR) is 102 cm³/mol. The number of carboxylic acids is 2. The van der Waals surface area contributed by atoms with Crippen LogP contribution in [0.4, 0.5) is 5.82 Å². The van der Waals surface area contributed by atoms with Crippen LogP contribution < -0.4 is 20.8 Å². The second-order valence-electron chi connectivity index (χ2n) is 6.02. The van der Waals surface area contributed by atoms with Crippen LogP contribution in [0, 0.1) is 0 Å². The third-order valence-corrected chi connectivity index (χ3v) is 4.13. The van der Waals surface area contributed by atoms with Gasteiger partial charge in [-0.05, 0) is 24.1 Å². The van der Waals surface area contributed by atoms with Crippen molar-refractivity contribution in [2.45, 2.75) is 26.2 Å². The number of anilines is 1. The van der Waals surface area contributed by atoms with E-state index < -0.39 is 34.4 Å². The van der Waals surface area contributed by atoms with Crippen molar-refractivity contribution < 1.29 is 29.3 Å². The van der Waals surface area contributed by atoms with Crippen LogP contribution in [0.3, 0.4) is 0 Å². The van der Waals surface area contributed by atoms with Gasteiger partial charge in [0, 0.05) is 5.56 Å². The van der Waals surface area contributed by atoms with E-state index in [2.05, 4.69) is 11.9 Å². The van der Waals surface area contributed by atoms with Gasteiger partial charge in [0.25, 0.3) is 5.56 Å². The highest BCUT2D eigenvalue weighted by atomic mass is 16.5. The number of unbranched alkanes of at least 4 members (excludes halogenated alkanes) is 2. The molecular formula is C19H22N2O7. The molecule has 0 fully saturated rings. The first-order valence-electron chi connectivity index (χ1n) is 8.65. The number of H-pyrrole nitrogens is 1. The largest absolute Gasteiger partial charge is 0.493 e. The van der Waals surface area contributed by atoms with Gasteiger partial charge in [-0.15, -0.1) is 0 Å². The molecule has 2 rings (SSSR count). The number of aromatic carboxylic acids is 2. The number of carboxylic acid groups (broad SMARTS) is 2. The van der Waals surface area contributed by atoms with Gasteiger partial charge in [-0.2, -0.15) is 0 Å². The molecule has 0 spiro atoms. The zero-order valence-electron chi connectivity index (χ0n) is 15.6. The van der Waals surface area contributed by atoms with E-state index in [1.54, 1.807) is 0 Å². The minimum Gasteiger partial charge on any atom is -0.493 e. The zero-order chi connectivity index (χ0) is 20.8. The van der Waals surface area contributed by atoms with Crippen molar-refractivity contribution in [3.63, 3.8) is 0 Å². The van der Waals surface area contributed by atoms with Crippen LogP contribution in [0.5, 0.6) is 11.5 Å². The quantitative estimate of drug-likeness (QED) is 0.477. The van der Waals surface area contributed by atoms with E-state index in [9.17, 15) is 24.6 Å². The number of methoxy groups -OCH3 is 1. The summed E-state index contributed by atoms with van der Waals surface area (Å²) in [4.78, 5) is 37.5. The monoisotopic (exact) mass is 390 g/mol. The summed E-state index contributed by atoms with van der Waals surface area (Å²) >= 11 is 0. The third kappa shape index (κ3) is 4.25. The van der Waals surface area contributed by atoms with E-state index in [1.165, 1.54) is 25.3 Å². The number of carbonyl (C=O) groups is 2. The summed E-state index contributed by atoms with van der Waals surface area (Å²) in [5.74, 6) is -2.77. The first-order chi connectivity index (χ1) is 13.3. The summed E-state index contributed by atoms with van der Waals surface area (Å²) in [7, 11) is 1.40. The fourth-order valence-electron chi connectivity index (χ4n) is 2.81. The molecule has 0 amide bonds. The minimum absolute atomic E-state index is 0.158. The van der Waals surface area contributed by atoms with Crippen molar-refractivity contribution in [2.75, 3.05) is 19.5 Å². The molecule has 1 heterocycles. The molecule has 1 aromatic carbocycles. The average molecular weight is 390 g/mol. The number of benzene rings is 1. The van der Waals surface area contributed by atoms with Gasteiger partial charge in [0.15, 0.2) is 11.5 Å². The van der Waals surface area contributed by atoms with Gasteiger partial charge >= 0.3 is 11.9 Å². The van der Waals surface area contributed by atoms with Gasteiger partial charge in [0.05, 0.1) is 13.7 Å².